The molecule has 2 N–H and O–H groups in total. The van der Waals surface area contributed by atoms with Crippen LogP contribution in [0.1, 0.15) is 22.5 Å². The van der Waals surface area contributed by atoms with Gasteiger partial charge in [0, 0.05) is 4.47 Å². The summed E-state index contributed by atoms with van der Waals surface area (Å²) < 4.78 is 24.9. The number of pyridine rings is 1. The molecule has 1 aromatic heterocycles. The minimum atomic E-state index is -2.84. The van der Waals surface area contributed by atoms with E-state index in [1.807, 2.05) is 0 Å². The highest BCUT2D eigenvalue weighted by Gasteiger charge is 2.22. The number of hydrogen-bond acceptors (Lipinski definition) is 3. The van der Waals surface area contributed by atoms with Crippen molar-refractivity contribution in [3.63, 3.8) is 0 Å². The summed E-state index contributed by atoms with van der Waals surface area (Å²) in [4.78, 5) is 14.2. The van der Waals surface area contributed by atoms with Gasteiger partial charge in [0.1, 0.15) is 11.5 Å². The summed E-state index contributed by atoms with van der Waals surface area (Å²) in [5, 5.41) is -1.06. The van der Waals surface area contributed by atoms with Crippen molar-refractivity contribution in [2.75, 3.05) is 5.73 Å². The predicted molar refractivity (Wildman–Crippen MR) is 51.5 cm³/mol. The van der Waals surface area contributed by atoms with Crippen LogP contribution in [0.2, 0.25) is 0 Å². The second-order valence-corrected chi connectivity index (χ2v) is 3.56. The van der Waals surface area contributed by atoms with Crippen LogP contribution < -0.4 is 5.73 Å². The lowest BCUT2D eigenvalue weighted by Gasteiger charge is -2.07. The number of nitrogen functional groups attached to an aromatic ring is 1. The summed E-state index contributed by atoms with van der Waals surface area (Å²) in [5.74, 6) is -0.0507. The molecule has 0 saturated carbocycles. The lowest BCUT2D eigenvalue weighted by molar-refractivity contribution is 0.106. The van der Waals surface area contributed by atoms with E-state index in [4.69, 9.17) is 17.3 Å². The van der Waals surface area contributed by atoms with Crippen LogP contribution in [0.25, 0.3) is 0 Å². The Balaban J connectivity index is 3.44. The monoisotopic (exact) mass is 284 g/mol. The van der Waals surface area contributed by atoms with E-state index >= 15 is 0 Å². The molecule has 0 saturated heterocycles. The fourth-order valence-electron chi connectivity index (χ4n) is 0.900. The zero-order valence-corrected chi connectivity index (χ0v) is 8.94. The van der Waals surface area contributed by atoms with Gasteiger partial charge in [-0.2, -0.15) is 0 Å². The molecule has 0 aliphatic rings. The molecule has 0 aliphatic carbocycles. The average molecular weight is 285 g/mol. The summed E-state index contributed by atoms with van der Waals surface area (Å²) in [7, 11) is 0. The molecule has 3 nitrogen and oxygen atoms in total. The highest BCUT2D eigenvalue weighted by Crippen LogP contribution is 2.31. The minimum Gasteiger partial charge on any atom is -0.384 e. The summed E-state index contributed by atoms with van der Waals surface area (Å²) in [6.45, 7) is 0. The number of nitrogens with two attached hydrogens (primary N) is 1. The highest BCUT2D eigenvalue weighted by molar-refractivity contribution is 9.10. The first-order chi connectivity index (χ1) is 6.43. The highest BCUT2D eigenvalue weighted by atomic mass is 79.9. The van der Waals surface area contributed by atoms with E-state index in [-0.39, 0.29) is 10.3 Å². The third-order valence-corrected chi connectivity index (χ3v) is 2.27. The quantitative estimate of drug-likeness (QED) is 0.850. The smallest absolute Gasteiger partial charge is 0.271 e. The molecule has 0 spiro atoms. The van der Waals surface area contributed by atoms with Crippen molar-refractivity contribution in [2.24, 2.45) is 0 Å². The number of anilines is 1. The Labute approximate surface area is 91.4 Å². The van der Waals surface area contributed by atoms with Gasteiger partial charge in [-0.05, 0) is 17.7 Å². The van der Waals surface area contributed by atoms with Gasteiger partial charge in [0.05, 0.1) is 5.56 Å². The van der Waals surface area contributed by atoms with Crippen molar-refractivity contribution >= 4 is 38.6 Å². The average Bonchev–Trinajstić information content (AvgIpc) is 2.01. The van der Waals surface area contributed by atoms with Gasteiger partial charge in [0.15, 0.2) is 0 Å². The lowest BCUT2D eigenvalue weighted by Crippen LogP contribution is -2.05. The fraction of sp³-hybridized carbons (Fsp3) is 0.143. The standard InChI is InChI=1S/C7H4BrClF2N2O/c8-2-1-3(12)13-5(6(9)14)4(2)7(10)11/h1,7H,(H2,12,13). The molecule has 0 aromatic carbocycles. The number of halogens is 4. The molecule has 0 radical (unpaired) electrons. The summed E-state index contributed by atoms with van der Waals surface area (Å²) in [6.07, 6.45) is -2.84. The van der Waals surface area contributed by atoms with Gasteiger partial charge in [-0.3, -0.25) is 4.79 Å². The van der Waals surface area contributed by atoms with E-state index in [9.17, 15) is 13.6 Å². The van der Waals surface area contributed by atoms with Crippen LogP contribution in [0.3, 0.4) is 0 Å². The van der Waals surface area contributed by atoms with E-state index < -0.39 is 22.9 Å². The Kier molecular flexibility index (Phi) is 3.38. The minimum absolute atomic E-state index is 0.0176. The first kappa shape index (κ1) is 11.3. The Bertz CT molecular complexity index is 386. The van der Waals surface area contributed by atoms with Crippen LogP contribution in [-0.4, -0.2) is 10.2 Å². The summed E-state index contributed by atoms with van der Waals surface area (Å²) in [5.41, 5.74) is 4.21. The van der Waals surface area contributed by atoms with Crippen molar-refractivity contribution in [1.29, 1.82) is 0 Å². The van der Waals surface area contributed by atoms with Crippen LogP contribution in [-0.2, 0) is 0 Å². The van der Waals surface area contributed by atoms with Gasteiger partial charge in [-0.1, -0.05) is 15.9 Å². The van der Waals surface area contributed by atoms with E-state index in [1.165, 1.54) is 6.07 Å². The van der Waals surface area contributed by atoms with Gasteiger partial charge in [0.25, 0.3) is 11.7 Å². The van der Waals surface area contributed by atoms with Crippen LogP contribution in [0.5, 0.6) is 0 Å². The predicted octanol–water partition coefficient (Wildman–Crippen LogP) is 2.74. The molecule has 0 atom stereocenters. The maximum Gasteiger partial charge on any atom is 0.271 e. The molecular formula is C7H4BrClF2N2O. The van der Waals surface area contributed by atoms with Gasteiger partial charge in [0.2, 0.25) is 0 Å². The normalized spacial score (nSPS) is 10.6. The SMILES string of the molecule is Nc1cc(Br)c(C(F)F)c(C(=O)Cl)n1. The summed E-state index contributed by atoms with van der Waals surface area (Å²) >= 11 is 7.94. The molecule has 0 bridgehead atoms. The van der Waals surface area contributed by atoms with E-state index in [0.717, 1.165) is 0 Å². The topological polar surface area (TPSA) is 56.0 Å². The van der Waals surface area contributed by atoms with E-state index in [1.54, 1.807) is 0 Å². The molecule has 1 rings (SSSR count). The Morgan fingerprint density at radius 3 is 2.64 bits per heavy atom. The number of carbonyl (C=O) groups excluding carboxylic acids is 1. The van der Waals surface area contributed by atoms with Gasteiger partial charge < -0.3 is 5.73 Å². The second kappa shape index (κ2) is 4.18. The number of carbonyl (C=O) groups is 1. The van der Waals surface area contributed by atoms with Crippen molar-refractivity contribution < 1.29 is 13.6 Å². The molecule has 7 heteroatoms. The number of alkyl halides is 2. The fourth-order valence-corrected chi connectivity index (χ4v) is 1.64. The first-order valence-corrected chi connectivity index (χ1v) is 4.54. The third kappa shape index (κ3) is 2.19. The molecule has 0 aliphatic heterocycles. The van der Waals surface area contributed by atoms with Crippen molar-refractivity contribution in [1.82, 2.24) is 4.98 Å². The molecule has 14 heavy (non-hydrogen) atoms. The lowest BCUT2D eigenvalue weighted by atomic mass is 10.2. The molecule has 0 amide bonds. The first-order valence-electron chi connectivity index (χ1n) is 3.37. The zero-order chi connectivity index (χ0) is 10.9. The van der Waals surface area contributed by atoms with Crippen LogP contribution in [0.4, 0.5) is 14.6 Å². The van der Waals surface area contributed by atoms with Gasteiger partial charge in [-0.15, -0.1) is 0 Å². The Morgan fingerprint density at radius 1 is 1.64 bits per heavy atom. The number of nitrogens with zero attached hydrogens (tertiary/aromatic N) is 1. The van der Waals surface area contributed by atoms with Gasteiger partial charge >= 0.3 is 0 Å². The van der Waals surface area contributed by atoms with E-state index in [2.05, 4.69) is 20.9 Å². The van der Waals surface area contributed by atoms with Crippen molar-refractivity contribution in [3.8, 4) is 0 Å². The number of aromatic nitrogens is 1. The maximum absolute atomic E-state index is 12.5. The van der Waals surface area contributed by atoms with Gasteiger partial charge in [-0.25, -0.2) is 13.8 Å². The summed E-state index contributed by atoms with van der Waals surface area (Å²) in [6, 6.07) is 1.19. The van der Waals surface area contributed by atoms with Crippen LogP contribution in [0, 0.1) is 0 Å². The third-order valence-electron chi connectivity index (χ3n) is 1.43. The molecule has 0 unspecified atom stereocenters. The van der Waals surface area contributed by atoms with Crippen LogP contribution >= 0.6 is 27.5 Å². The van der Waals surface area contributed by atoms with Crippen LogP contribution in [0.15, 0.2) is 10.5 Å². The van der Waals surface area contributed by atoms with Crippen molar-refractivity contribution in [2.45, 2.75) is 6.43 Å². The largest absolute Gasteiger partial charge is 0.384 e. The van der Waals surface area contributed by atoms with Crippen molar-refractivity contribution in [3.05, 3.63) is 21.8 Å². The molecule has 76 valence electrons. The maximum atomic E-state index is 12.5. The molecule has 1 heterocycles. The second-order valence-electron chi connectivity index (χ2n) is 2.37. The molecular weight excluding hydrogens is 281 g/mol. The number of hydrogen-bond donors (Lipinski definition) is 1. The molecule has 1 aromatic rings. The Morgan fingerprint density at radius 2 is 2.21 bits per heavy atom. The van der Waals surface area contributed by atoms with E-state index in [0.29, 0.717) is 0 Å². The molecule has 0 fully saturated rings. The zero-order valence-electron chi connectivity index (χ0n) is 6.60. The number of rotatable bonds is 2. The Hall–Kier alpha value is -0.750.